The van der Waals surface area contributed by atoms with E-state index in [1.165, 1.54) is 0 Å². The lowest BCUT2D eigenvalue weighted by Gasteiger charge is -2.17. The molecule has 1 aromatic rings. The highest BCUT2D eigenvalue weighted by atomic mass is 35.5. The molecule has 0 aliphatic heterocycles. The van der Waals surface area contributed by atoms with Gasteiger partial charge in [0, 0.05) is 0 Å². The minimum atomic E-state index is -0.956. The highest BCUT2D eigenvalue weighted by molar-refractivity contribution is 6.42. The second-order valence-electron chi connectivity index (χ2n) is 4.18. The van der Waals surface area contributed by atoms with E-state index in [-0.39, 0.29) is 24.9 Å². The SMILES string of the molecule is CC(NC(=O)C(N)CC(N)=O)c1ccc(Cl)c(Cl)c1.Cl. The first-order valence-electron chi connectivity index (χ1n) is 5.60. The van der Waals surface area contributed by atoms with Crippen LogP contribution < -0.4 is 16.8 Å². The average Bonchev–Trinajstić information content (AvgIpc) is 2.31. The van der Waals surface area contributed by atoms with E-state index in [1.807, 2.05) is 0 Å². The Balaban J connectivity index is 0.00000361. The van der Waals surface area contributed by atoms with Crippen LogP contribution in [0.4, 0.5) is 0 Å². The van der Waals surface area contributed by atoms with Gasteiger partial charge < -0.3 is 16.8 Å². The summed E-state index contributed by atoms with van der Waals surface area (Å²) in [6, 6.07) is 3.79. The van der Waals surface area contributed by atoms with E-state index in [4.69, 9.17) is 34.7 Å². The molecule has 5 N–H and O–H groups in total. The second-order valence-corrected chi connectivity index (χ2v) is 5.00. The van der Waals surface area contributed by atoms with Crippen LogP contribution in [0.2, 0.25) is 10.0 Å². The lowest BCUT2D eigenvalue weighted by atomic mass is 10.1. The van der Waals surface area contributed by atoms with Crippen LogP contribution in [0.15, 0.2) is 18.2 Å². The summed E-state index contributed by atoms with van der Waals surface area (Å²) in [5, 5.41) is 3.52. The van der Waals surface area contributed by atoms with Gasteiger partial charge in [-0.3, -0.25) is 9.59 Å². The minimum absolute atomic E-state index is 0. The van der Waals surface area contributed by atoms with Gasteiger partial charge in [0.05, 0.1) is 28.5 Å². The number of carbonyl (C=O) groups excluding carboxylic acids is 2. The fourth-order valence-electron chi connectivity index (χ4n) is 1.49. The van der Waals surface area contributed by atoms with E-state index in [0.717, 1.165) is 5.56 Å². The van der Waals surface area contributed by atoms with Crippen molar-refractivity contribution in [1.82, 2.24) is 5.32 Å². The number of halogens is 3. The van der Waals surface area contributed by atoms with Gasteiger partial charge in [0.1, 0.15) is 0 Å². The van der Waals surface area contributed by atoms with Crippen LogP contribution in [0.3, 0.4) is 0 Å². The molecule has 0 aromatic heterocycles. The molecule has 1 rings (SSSR count). The van der Waals surface area contributed by atoms with E-state index >= 15 is 0 Å². The van der Waals surface area contributed by atoms with Crippen molar-refractivity contribution in [3.8, 4) is 0 Å². The summed E-state index contributed by atoms with van der Waals surface area (Å²) in [5.74, 6) is -1.07. The molecular weight excluding hydrogens is 325 g/mol. The van der Waals surface area contributed by atoms with E-state index < -0.39 is 17.9 Å². The molecule has 0 spiro atoms. The third kappa shape index (κ3) is 5.54. The first-order valence-corrected chi connectivity index (χ1v) is 6.36. The van der Waals surface area contributed by atoms with Crippen molar-refractivity contribution in [2.24, 2.45) is 11.5 Å². The quantitative estimate of drug-likeness (QED) is 0.762. The molecule has 0 radical (unpaired) electrons. The number of nitrogens with one attached hydrogen (secondary N) is 1. The summed E-state index contributed by atoms with van der Waals surface area (Å²) in [5.41, 5.74) is 11.3. The van der Waals surface area contributed by atoms with Gasteiger partial charge >= 0.3 is 0 Å². The lowest BCUT2D eigenvalue weighted by Crippen LogP contribution is -2.43. The molecule has 0 aliphatic carbocycles. The van der Waals surface area contributed by atoms with Crippen molar-refractivity contribution in [2.45, 2.75) is 25.4 Å². The van der Waals surface area contributed by atoms with Gasteiger partial charge in [0.15, 0.2) is 0 Å². The summed E-state index contributed by atoms with van der Waals surface area (Å²) < 4.78 is 0. The number of hydrogen-bond donors (Lipinski definition) is 3. The van der Waals surface area contributed by atoms with E-state index in [2.05, 4.69) is 5.32 Å². The molecule has 20 heavy (non-hydrogen) atoms. The zero-order valence-corrected chi connectivity index (χ0v) is 13.1. The van der Waals surface area contributed by atoms with Crippen LogP contribution in [-0.2, 0) is 9.59 Å². The summed E-state index contributed by atoms with van der Waals surface area (Å²) in [6.45, 7) is 1.77. The number of rotatable bonds is 5. The van der Waals surface area contributed by atoms with Crippen LogP contribution in [0, 0.1) is 0 Å². The predicted molar refractivity (Wildman–Crippen MR) is 82.1 cm³/mol. The maximum absolute atomic E-state index is 11.7. The van der Waals surface area contributed by atoms with Crippen LogP contribution in [0.5, 0.6) is 0 Å². The zero-order valence-electron chi connectivity index (χ0n) is 10.7. The van der Waals surface area contributed by atoms with Crippen LogP contribution >= 0.6 is 35.6 Å². The Hall–Kier alpha value is -1.01. The largest absolute Gasteiger partial charge is 0.370 e. The summed E-state index contributed by atoms with van der Waals surface area (Å²) in [4.78, 5) is 22.4. The van der Waals surface area contributed by atoms with Gasteiger partial charge in [0.25, 0.3) is 0 Å². The van der Waals surface area contributed by atoms with Crippen molar-refractivity contribution in [3.63, 3.8) is 0 Å². The number of benzene rings is 1. The Bertz CT molecular complexity index is 497. The molecule has 112 valence electrons. The monoisotopic (exact) mass is 339 g/mol. The van der Waals surface area contributed by atoms with Crippen LogP contribution in [-0.4, -0.2) is 17.9 Å². The molecule has 2 amide bonds. The fraction of sp³-hybridized carbons (Fsp3) is 0.333. The molecule has 0 fully saturated rings. The van der Waals surface area contributed by atoms with Gasteiger partial charge in [-0.05, 0) is 24.6 Å². The van der Waals surface area contributed by atoms with E-state index in [1.54, 1.807) is 25.1 Å². The van der Waals surface area contributed by atoms with Gasteiger partial charge in [-0.15, -0.1) is 12.4 Å². The van der Waals surface area contributed by atoms with Crippen molar-refractivity contribution in [3.05, 3.63) is 33.8 Å². The fourth-order valence-corrected chi connectivity index (χ4v) is 1.80. The van der Waals surface area contributed by atoms with Gasteiger partial charge in [-0.2, -0.15) is 0 Å². The molecule has 5 nitrogen and oxygen atoms in total. The maximum atomic E-state index is 11.7. The Morgan fingerprint density at radius 1 is 1.30 bits per heavy atom. The molecule has 0 heterocycles. The van der Waals surface area contributed by atoms with Crippen LogP contribution in [0.25, 0.3) is 0 Å². The molecule has 0 bridgehead atoms. The maximum Gasteiger partial charge on any atom is 0.237 e. The molecule has 8 heteroatoms. The zero-order chi connectivity index (χ0) is 14.6. The number of primary amides is 1. The van der Waals surface area contributed by atoms with Gasteiger partial charge in [-0.25, -0.2) is 0 Å². The molecule has 0 saturated carbocycles. The topological polar surface area (TPSA) is 98.2 Å². The summed E-state index contributed by atoms with van der Waals surface area (Å²) in [6.07, 6.45) is -0.195. The van der Waals surface area contributed by atoms with Crippen molar-refractivity contribution >= 4 is 47.4 Å². The number of amides is 2. The smallest absolute Gasteiger partial charge is 0.237 e. The Morgan fingerprint density at radius 3 is 2.40 bits per heavy atom. The first kappa shape index (κ1) is 19.0. The third-order valence-electron chi connectivity index (χ3n) is 2.56. The highest BCUT2D eigenvalue weighted by Gasteiger charge is 2.18. The number of hydrogen-bond acceptors (Lipinski definition) is 3. The van der Waals surface area contributed by atoms with E-state index in [0.29, 0.717) is 10.0 Å². The minimum Gasteiger partial charge on any atom is -0.370 e. The van der Waals surface area contributed by atoms with Crippen molar-refractivity contribution in [2.75, 3.05) is 0 Å². The first-order chi connectivity index (χ1) is 8.81. The second kappa shape index (κ2) is 8.32. The predicted octanol–water partition coefficient (Wildman–Crippen LogP) is 1.80. The van der Waals surface area contributed by atoms with E-state index in [9.17, 15) is 9.59 Å². The van der Waals surface area contributed by atoms with Gasteiger partial charge in [-0.1, -0.05) is 29.3 Å². The molecule has 2 unspecified atom stereocenters. The third-order valence-corrected chi connectivity index (χ3v) is 3.30. The Morgan fingerprint density at radius 2 is 1.90 bits per heavy atom. The molecule has 0 aliphatic rings. The Labute approximate surface area is 133 Å². The number of nitrogens with two attached hydrogens (primary N) is 2. The molecule has 1 aromatic carbocycles. The standard InChI is InChI=1S/C12H15Cl2N3O2.ClH/c1-6(7-2-3-8(13)9(14)4-7)17-12(19)10(15)5-11(16)18;/h2-4,6,10H,5,15H2,1H3,(H2,16,18)(H,17,19);1H. The van der Waals surface area contributed by atoms with Crippen molar-refractivity contribution in [1.29, 1.82) is 0 Å². The summed E-state index contributed by atoms with van der Waals surface area (Å²) >= 11 is 11.7. The van der Waals surface area contributed by atoms with Crippen molar-refractivity contribution < 1.29 is 9.59 Å². The summed E-state index contributed by atoms with van der Waals surface area (Å²) in [7, 11) is 0. The molecule has 2 atom stereocenters. The Kier molecular flexibility index (Phi) is 7.90. The van der Waals surface area contributed by atoms with Crippen LogP contribution in [0.1, 0.15) is 24.9 Å². The normalized spacial score (nSPS) is 13.0. The average molecular weight is 341 g/mol. The molecular formula is C12H16Cl3N3O2. The van der Waals surface area contributed by atoms with Gasteiger partial charge in [0.2, 0.25) is 11.8 Å². The molecule has 0 saturated heterocycles. The number of carbonyl (C=O) groups is 2. The highest BCUT2D eigenvalue weighted by Crippen LogP contribution is 2.25. The lowest BCUT2D eigenvalue weighted by molar-refractivity contribution is -0.126.